The molecular formula is C18H27N3O4. The summed E-state index contributed by atoms with van der Waals surface area (Å²) in [7, 11) is 0. The fraction of sp³-hybridized carbons (Fsp3) is 0.500. The molecule has 0 saturated carbocycles. The zero-order valence-electron chi connectivity index (χ0n) is 15.1. The molecule has 0 aromatic heterocycles. The second-order valence-electron chi connectivity index (χ2n) is 6.22. The van der Waals surface area contributed by atoms with Gasteiger partial charge in [-0.3, -0.25) is 14.4 Å². The van der Waals surface area contributed by atoms with Gasteiger partial charge >= 0.3 is 0 Å². The van der Waals surface area contributed by atoms with Crippen LogP contribution in [0.2, 0.25) is 0 Å². The van der Waals surface area contributed by atoms with Crippen LogP contribution in [0.1, 0.15) is 39.7 Å². The lowest BCUT2D eigenvalue weighted by Gasteiger charge is -2.23. The second-order valence-corrected chi connectivity index (χ2v) is 6.22. The maximum atomic E-state index is 12.4. The first kappa shape index (κ1) is 20.6. The van der Waals surface area contributed by atoms with Crippen molar-refractivity contribution in [3.8, 4) is 0 Å². The van der Waals surface area contributed by atoms with Crippen LogP contribution in [0, 0.1) is 5.92 Å². The molecule has 1 rings (SSSR count). The van der Waals surface area contributed by atoms with E-state index in [9.17, 15) is 14.4 Å². The Labute approximate surface area is 148 Å². The molecule has 1 aromatic carbocycles. The van der Waals surface area contributed by atoms with Crippen LogP contribution in [-0.4, -0.2) is 34.9 Å². The van der Waals surface area contributed by atoms with Crippen molar-refractivity contribution >= 4 is 23.4 Å². The first-order valence-electron chi connectivity index (χ1n) is 8.38. The van der Waals surface area contributed by atoms with Gasteiger partial charge in [-0.15, -0.1) is 0 Å². The number of aliphatic hydroxyl groups excluding tert-OH is 1. The normalized spacial score (nSPS) is 13.0. The molecule has 0 aliphatic rings. The second kappa shape index (κ2) is 9.78. The number of anilines is 1. The highest BCUT2D eigenvalue weighted by molar-refractivity contribution is 5.98. The Balaban J connectivity index is 2.64. The number of carbonyl (C=O) groups excluding carboxylic acids is 3. The predicted molar refractivity (Wildman–Crippen MR) is 95.7 cm³/mol. The van der Waals surface area contributed by atoms with E-state index in [0.717, 1.165) is 5.56 Å². The van der Waals surface area contributed by atoms with Gasteiger partial charge in [0.1, 0.15) is 12.1 Å². The minimum atomic E-state index is -0.759. The van der Waals surface area contributed by atoms with Crippen LogP contribution in [0.15, 0.2) is 24.3 Å². The fourth-order valence-electron chi connectivity index (χ4n) is 2.12. The number of hydrogen-bond donors (Lipinski definition) is 4. The van der Waals surface area contributed by atoms with Gasteiger partial charge in [0.05, 0.1) is 6.61 Å². The van der Waals surface area contributed by atoms with Crippen LogP contribution in [-0.2, 0) is 21.0 Å². The molecule has 4 N–H and O–H groups in total. The minimum Gasteiger partial charge on any atom is -0.392 e. The van der Waals surface area contributed by atoms with Crippen molar-refractivity contribution in [3.63, 3.8) is 0 Å². The van der Waals surface area contributed by atoms with Gasteiger partial charge in [0, 0.05) is 12.1 Å². The van der Waals surface area contributed by atoms with Crippen LogP contribution < -0.4 is 16.0 Å². The topological polar surface area (TPSA) is 108 Å². The first-order valence-corrected chi connectivity index (χ1v) is 8.38. The molecule has 0 spiro atoms. The number of benzene rings is 1. The Morgan fingerprint density at radius 3 is 2.08 bits per heavy atom. The Bertz CT molecular complexity index is 599. The molecule has 0 heterocycles. The highest BCUT2D eigenvalue weighted by Gasteiger charge is 2.26. The standard InChI is InChI=1S/C18H27N3O4/c1-5-15(23)21-16(11(2)3)18(25)19-12(4)17(24)20-14-8-6-13(10-22)7-9-14/h6-9,11-12,16,22H,5,10H2,1-4H3,(H,19,25)(H,20,24)(H,21,23)/t12-,16-/m0/s1. The molecular weight excluding hydrogens is 322 g/mol. The smallest absolute Gasteiger partial charge is 0.246 e. The number of hydrogen-bond acceptors (Lipinski definition) is 4. The van der Waals surface area contributed by atoms with E-state index in [0.29, 0.717) is 5.69 Å². The average molecular weight is 349 g/mol. The van der Waals surface area contributed by atoms with Gasteiger partial charge in [-0.05, 0) is 30.5 Å². The molecule has 2 atom stereocenters. The van der Waals surface area contributed by atoms with Gasteiger partial charge in [-0.1, -0.05) is 32.9 Å². The third kappa shape index (κ3) is 6.54. The van der Waals surface area contributed by atoms with Crippen molar-refractivity contribution in [1.82, 2.24) is 10.6 Å². The SMILES string of the molecule is CCC(=O)N[C@H](C(=O)N[C@@H](C)C(=O)Nc1ccc(CO)cc1)C(C)C. The van der Waals surface area contributed by atoms with Crippen molar-refractivity contribution in [1.29, 1.82) is 0 Å². The maximum absolute atomic E-state index is 12.4. The summed E-state index contributed by atoms with van der Waals surface area (Å²) in [5, 5.41) is 17.0. The zero-order valence-corrected chi connectivity index (χ0v) is 15.1. The third-order valence-electron chi connectivity index (χ3n) is 3.74. The Kier molecular flexibility index (Phi) is 8.07. The lowest BCUT2D eigenvalue weighted by atomic mass is 10.0. The van der Waals surface area contributed by atoms with E-state index < -0.39 is 18.0 Å². The van der Waals surface area contributed by atoms with Crippen molar-refractivity contribution in [2.75, 3.05) is 5.32 Å². The minimum absolute atomic E-state index is 0.0687. The first-order chi connectivity index (χ1) is 11.8. The number of aliphatic hydroxyl groups is 1. The van der Waals surface area contributed by atoms with Crippen LogP contribution in [0.25, 0.3) is 0 Å². The molecule has 0 fully saturated rings. The van der Waals surface area contributed by atoms with Crippen molar-refractivity contribution in [3.05, 3.63) is 29.8 Å². The van der Waals surface area contributed by atoms with Gasteiger partial charge in [-0.2, -0.15) is 0 Å². The molecule has 138 valence electrons. The van der Waals surface area contributed by atoms with E-state index in [1.54, 1.807) is 38.1 Å². The molecule has 25 heavy (non-hydrogen) atoms. The predicted octanol–water partition coefficient (Wildman–Crippen LogP) is 1.17. The van der Waals surface area contributed by atoms with E-state index in [4.69, 9.17) is 5.11 Å². The van der Waals surface area contributed by atoms with Gasteiger partial charge in [-0.25, -0.2) is 0 Å². The van der Waals surface area contributed by atoms with E-state index in [1.165, 1.54) is 0 Å². The summed E-state index contributed by atoms with van der Waals surface area (Å²) in [6, 6.07) is 5.31. The Morgan fingerprint density at radius 2 is 1.60 bits per heavy atom. The van der Waals surface area contributed by atoms with E-state index in [1.807, 2.05) is 13.8 Å². The highest BCUT2D eigenvalue weighted by atomic mass is 16.3. The quantitative estimate of drug-likeness (QED) is 0.565. The molecule has 1 aromatic rings. The van der Waals surface area contributed by atoms with Crippen molar-refractivity contribution in [2.24, 2.45) is 5.92 Å². The Hall–Kier alpha value is -2.41. The molecule has 7 heteroatoms. The molecule has 0 bridgehead atoms. The van der Waals surface area contributed by atoms with Crippen molar-refractivity contribution in [2.45, 2.75) is 52.8 Å². The molecule has 0 aliphatic carbocycles. The van der Waals surface area contributed by atoms with Crippen LogP contribution in [0.3, 0.4) is 0 Å². The fourth-order valence-corrected chi connectivity index (χ4v) is 2.12. The van der Waals surface area contributed by atoms with Gasteiger partial charge in [0.2, 0.25) is 17.7 Å². The number of rotatable bonds is 8. The lowest BCUT2D eigenvalue weighted by Crippen LogP contribution is -2.53. The zero-order chi connectivity index (χ0) is 19.0. The van der Waals surface area contributed by atoms with Gasteiger partial charge in [0.25, 0.3) is 0 Å². The molecule has 0 unspecified atom stereocenters. The summed E-state index contributed by atoms with van der Waals surface area (Å²) in [6.45, 7) is 6.87. The molecule has 0 saturated heterocycles. The van der Waals surface area contributed by atoms with Crippen LogP contribution in [0.5, 0.6) is 0 Å². The van der Waals surface area contributed by atoms with E-state index >= 15 is 0 Å². The molecule has 0 radical (unpaired) electrons. The largest absolute Gasteiger partial charge is 0.392 e. The summed E-state index contributed by atoms with van der Waals surface area (Å²) >= 11 is 0. The average Bonchev–Trinajstić information content (AvgIpc) is 2.59. The Morgan fingerprint density at radius 1 is 1.00 bits per heavy atom. The summed E-state index contributed by atoms with van der Waals surface area (Å²) in [6.07, 6.45) is 0.288. The molecule has 0 aliphatic heterocycles. The number of carbonyl (C=O) groups is 3. The van der Waals surface area contributed by atoms with E-state index in [-0.39, 0.29) is 30.8 Å². The summed E-state index contributed by atoms with van der Waals surface area (Å²) in [5.74, 6) is -1.07. The van der Waals surface area contributed by atoms with E-state index in [2.05, 4.69) is 16.0 Å². The maximum Gasteiger partial charge on any atom is 0.246 e. The monoisotopic (exact) mass is 349 g/mol. The summed E-state index contributed by atoms with van der Waals surface area (Å²) in [5.41, 5.74) is 1.31. The lowest BCUT2D eigenvalue weighted by molar-refractivity contribution is -0.131. The van der Waals surface area contributed by atoms with Crippen molar-refractivity contribution < 1.29 is 19.5 Å². The summed E-state index contributed by atoms with van der Waals surface area (Å²) in [4.78, 5) is 36.1. The number of nitrogens with one attached hydrogen (secondary N) is 3. The number of amides is 3. The van der Waals surface area contributed by atoms with Crippen LogP contribution >= 0.6 is 0 Å². The van der Waals surface area contributed by atoms with Gasteiger partial charge in [0.15, 0.2) is 0 Å². The third-order valence-corrected chi connectivity index (χ3v) is 3.74. The highest BCUT2D eigenvalue weighted by Crippen LogP contribution is 2.10. The van der Waals surface area contributed by atoms with Crippen LogP contribution in [0.4, 0.5) is 5.69 Å². The molecule has 7 nitrogen and oxygen atoms in total. The summed E-state index contributed by atoms with van der Waals surface area (Å²) < 4.78 is 0. The van der Waals surface area contributed by atoms with Gasteiger partial charge < -0.3 is 21.1 Å². The molecule has 3 amide bonds.